The molecule has 1 fully saturated rings. The van der Waals surface area contributed by atoms with Crippen LogP contribution in [0.3, 0.4) is 0 Å². The lowest BCUT2D eigenvalue weighted by molar-refractivity contribution is -0.327. The standard InChI is InChI=1S/C6H9F3O3/c7-6(8,9)12-2-1-10-3-5-4-11-5/h5H,1-4H2. The van der Waals surface area contributed by atoms with Gasteiger partial charge in [-0.25, -0.2) is 0 Å². The Morgan fingerprint density at radius 2 is 2.00 bits per heavy atom. The average molecular weight is 186 g/mol. The van der Waals surface area contributed by atoms with Crippen LogP contribution < -0.4 is 0 Å². The smallest absolute Gasteiger partial charge is 0.376 e. The van der Waals surface area contributed by atoms with Crippen molar-refractivity contribution in [1.82, 2.24) is 0 Å². The topological polar surface area (TPSA) is 31.0 Å². The van der Waals surface area contributed by atoms with E-state index in [2.05, 4.69) is 4.74 Å². The summed E-state index contributed by atoms with van der Waals surface area (Å²) in [5.41, 5.74) is 0. The van der Waals surface area contributed by atoms with Gasteiger partial charge in [0.2, 0.25) is 0 Å². The van der Waals surface area contributed by atoms with E-state index in [-0.39, 0.29) is 12.7 Å². The fourth-order valence-corrected chi connectivity index (χ4v) is 0.595. The fourth-order valence-electron chi connectivity index (χ4n) is 0.595. The molecule has 1 atom stereocenters. The van der Waals surface area contributed by atoms with Gasteiger partial charge in [0.25, 0.3) is 0 Å². The highest BCUT2D eigenvalue weighted by Crippen LogP contribution is 2.15. The van der Waals surface area contributed by atoms with E-state index < -0.39 is 13.0 Å². The van der Waals surface area contributed by atoms with E-state index in [1.807, 2.05) is 0 Å². The molecule has 0 amide bonds. The van der Waals surface area contributed by atoms with E-state index in [4.69, 9.17) is 9.47 Å². The molecule has 0 aliphatic carbocycles. The minimum absolute atomic E-state index is 0.0562. The van der Waals surface area contributed by atoms with Crippen molar-refractivity contribution in [2.24, 2.45) is 0 Å². The van der Waals surface area contributed by atoms with Gasteiger partial charge in [-0.2, -0.15) is 0 Å². The summed E-state index contributed by atoms with van der Waals surface area (Å²) in [4.78, 5) is 0. The van der Waals surface area contributed by atoms with Crippen molar-refractivity contribution in [2.75, 3.05) is 26.4 Å². The second-order valence-corrected chi connectivity index (χ2v) is 2.32. The molecule has 1 saturated heterocycles. The first-order valence-corrected chi connectivity index (χ1v) is 3.48. The maximum Gasteiger partial charge on any atom is 0.522 e. The first kappa shape index (κ1) is 9.76. The molecule has 6 heteroatoms. The normalized spacial score (nSPS) is 22.8. The van der Waals surface area contributed by atoms with Crippen LogP contribution in [0.25, 0.3) is 0 Å². The summed E-state index contributed by atoms with van der Waals surface area (Å²) in [6.07, 6.45) is -4.48. The quantitative estimate of drug-likeness (QED) is 0.473. The van der Waals surface area contributed by atoms with Crippen molar-refractivity contribution in [2.45, 2.75) is 12.5 Å². The van der Waals surface area contributed by atoms with Crippen LogP contribution in [0, 0.1) is 0 Å². The molecule has 3 nitrogen and oxygen atoms in total. The molecule has 72 valence electrons. The van der Waals surface area contributed by atoms with Crippen LogP contribution in [0.1, 0.15) is 0 Å². The highest BCUT2D eigenvalue weighted by Gasteiger charge is 2.28. The first-order valence-electron chi connectivity index (χ1n) is 3.48. The molecule has 0 aromatic heterocycles. The van der Waals surface area contributed by atoms with Gasteiger partial charge >= 0.3 is 6.36 Å². The molecule has 0 bridgehead atoms. The molecule has 1 unspecified atom stereocenters. The van der Waals surface area contributed by atoms with Gasteiger partial charge in [0.05, 0.1) is 26.4 Å². The largest absolute Gasteiger partial charge is 0.522 e. The van der Waals surface area contributed by atoms with Gasteiger partial charge < -0.3 is 9.47 Å². The predicted octanol–water partition coefficient (Wildman–Crippen LogP) is 0.938. The molecule has 0 aromatic rings. The molecular weight excluding hydrogens is 177 g/mol. The number of alkyl halides is 3. The van der Waals surface area contributed by atoms with Crippen LogP contribution in [0.2, 0.25) is 0 Å². The van der Waals surface area contributed by atoms with Crippen molar-refractivity contribution in [3.8, 4) is 0 Å². The lowest BCUT2D eigenvalue weighted by atomic mass is 10.5. The van der Waals surface area contributed by atoms with Crippen molar-refractivity contribution in [3.05, 3.63) is 0 Å². The zero-order chi connectivity index (χ0) is 9.03. The Morgan fingerprint density at radius 1 is 1.33 bits per heavy atom. The Bertz CT molecular complexity index is 132. The van der Waals surface area contributed by atoms with Gasteiger partial charge in [0, 0.05) is 0 Å². The maximum absolute atomic E-state index is 11.4. The monoisotopic (exact) mass is 186 g/mol. The zero-order valence-corrected chi connectivity index (χ0v) is 6.26. The molecule has 0 saturated carbocycles. The van der Waals surface area contributed by atoms with Crippen LogP contribution in [0.5, 0.6) is 0 Å². The van der Waals surface area contributed by atoms with Gasteiger partial charge in [-0.3, -0.25) is 4.74 Å². The number of halogens is 3. The third-order valence-corrected chi connectivity index (χ3v) is 1.20. The Hall–Kier alpha value is -0.330. The van der Waals surface area contributed by atoms with Gasteiger partial charge in [-0.1, -0.05) is 0 Å². The number of ether oxygens (including phenoxy) is 3. The second kappa shape index (κ2) is 4.06. The Kier molecular flexibility index (Phi) is 3.30. The van der Waals surface area contributed by atoms with Crippen molar-refractivity contribution < 1.29 is 27.4 Å². The maximum atomic E-state index is 11.4. The van der Waals surface area contributed by atoms with Gasteiger partial charge in [-0.15, -0.1) is 13.2 Å². The molecular formula is C6H9F3O3. The summed E-state index contributed by atoms with van der Waals surface area (Å²) in [6, 6.07) is 0. The van der Waals surface area contributed by atoms with Crippen molar-refractivity contribution in [3.63, 3.8) is 0 Å². The number of epoxide rings is 1. The summed E-state index contributed by atoms with van der Waals surface area (Å²) >= 11 is 0. The van der Waals surface area contributed by atoms with E-state index >= 15 is 0 Å². The van der Waals surface area contributed by atoms with E-state index in [1.54, 1.807) is 0 Å². The van der Waals surface area contributed by atoms with Gasteiger partial charge in [0.15, 0.2) is 0 Å². The average Bonchev–Trinajstić information content (AvgIpc) is 2.68. The van der Waals surface area contributed by atoms with E-state index in [0.29, 0.717) is 13.2 Å². The Balaban J connectivity index is 1.82. The number of hydrogen-bond acceptors (Lipinski definition) is 3. The lowest BCUT2D eigenvalue weighted by Crippen LogP contribution is -2.17. The van der Waals surface area contributed by atoms with Crippen LogP contribution in [-0.4, -0.2) is 38.9 Å². The lowest BCUT2D eigenvalue weighted by Gasteiger charge is -2.06. The third-order valence-electron chi connectivity index (χ3n) is 1.20. The molecule has 0 aromatic carbocycles. The number of hydrogen-bond donors (Lipinski definition) is 0. The molecule has 1 aliphatic rings. The third kappa shape index (κ3) is 5.34. The number of rotatable bonds is 5. The van der Waals surface area contributed by atoms with Crippen molar-refractivity contribution >= 4 is 0 Å². The van der Waals surface area contributed by atoms with E-state index in [0.717, 1.165) is 0 Å². The fraction of sp³-hybridized carbons (Fsp3) is 1.00. The zero-order valence-electron chi connectivity index (χ0n) is 6.26. The summed E-state index contributed by atoms with van der Waals surface area (Å²) in [5, 5.41) is 0. The Morgan fingerprint density at radius 3 is 2.50 bits per heavy atom. The second-order valence-electron chi connectivity index (χ2n) is 2.32. The molecule has 12 heavy (non-hydrogen) atoms. The van der Waals surface area contributed by atoms with Crippen LogP contribution in [-0.2, 0) is 14.2 Å². The molecule has 1 heterocycles. The summed E-state index contributed by atoms with van der Waals surface area (Å²) in [6.45, 7) is 0.469. The van der Waals surface area contributed by atoms with E-state index in [9.17, 15) is 13.2 Å². The first-order chi connectivity index (χ1) is 5.58. The molecule has 0 spiro atoms. The van der Waals surface area contributed by atoms with E-state index in [1.165, 1.54) is 0 Å². The van der Waals surface area contributed by atoms with Crippen molar-refractivity contribution in [1.29, 1.82) is 0 Å². The van der Waals surface area contributed by atoms with Gasteiger partial charge in [0.1, 0.15) is 6.10 Å². The Labute approximate surface area is 67.4 Å². The SMILES string of the molecule is FC(F)(F)OCCOCC1CO1. The molecule has 1 aliphatic heterocycles. The minimum Gasteiger partial charge on any atom is -0.376 e. The highest BCUT2D eigenvalue weighted by atomic mass is 19.4. The predicted molar refractivity (Wildman–Crippen MR) is 32.6 cm³/mol. The molecule has 0 N–H and O–H groups in total. The summed E-state index contributed by atoms with van der Waals surface area (Å²) in [7, 11) is 0. The highest BCUT2D eigenvalue weighted by molar-refractivity contribution is 4.66. The van der Waals surface area contributed by atoms with Crippen LogP contribution in [0.15, 0.2) is 0 Å². The van der Waals surface area contributed by atoms with Gasteiger partial charge in [-0.05, 0) is 0 Å². The summed E-state index contributed by atoms with van der Waals surface area (Å²) in [5.74, 6) is 0. The molecule has 1 rings (SSSR count). The molecule has 0 radical (unpaired) electrons. The van der Waals surface area contributed by atoms with Crippen LogP contribution in [0.4, 0.5) is 13.2 Å². The minimum atomic E-state index is -4.56. The van der Waals surface area contributed by atoms with Crippen LogP contribution >= 0.6 is 0 Å². The summed E-state index contributed by atoms with van der Waals surface area (Å²) < 4.78 is 47.1.